The van der Waals surface area contributed by atoms with E-state index in [0.717, 1.165) is 0 Å². The molecule has 1 rings (SSSR count). The average Bonchev–Trinajstić information content (AvgIpc) is 2.42. The normalized spacial score (nSPS) is 10.2. The van der Waals surface area contributed by atoms with E-state index in [1.807, 2.05) is 0 Å². The molecule has 6 nitrogen and oxygen atoms in total. The molecule has 0 aliphatic carbocycles. The van der Waals surface area contributed by atoms with Crippen LogP contribution >= 0.6 is 11.6 Å². The lowest BCUT2D eigenvalue weighted by Crippen LogP contribution is -2.11. The summed E-state index contributed by atoms with van der Waals surface area (Å²) in [5, 5.41) is 24.2. The molecule has 0 radical (unpaired) electrons. The van der Waals surface area contributed by atoms with Crippen LogP contribution in [-0.4, -0.2) is 50.7 Å². The Labute approximate surface area is 117 Å². The number of halogens is 1. The molecule has 4 N–H and O–H groups in total. The van der Waals surface area contributed by atoms with Crippen LogP contribution in [0.1, 0.15) is 0 Å². The molecular formula is C12H19ClN2O4. The van der Waals surface area contributed by atoms with Crippen molar-refractivity contribution in [2.75, 3.05) is 51.2 Å². The molecule has 0 aliphatic heterocycles. The summed E-state index contributed by atoms with van der Waals surface area (Å²) in [6.45, 7) is 0.676. The second-order valence-electron chi connectivity index (χ2n) is 3.65. The maximum absolute atomic E-state index is 8.91. The number of benzene rings is 1. The Morgan fingerprint density at radius 2 is 1.63 bits per heavy atom. The lowest BCUT2D eigenvalue weighted by atomic mass is 10.2. The third-order valence-corrected chi connectivity index (χ3v) is 2.72. The van der Waals surface area contributed by atoms with Crippen LogP contribution < -0.4 is 20.1 Å². The van der Waals surface area contributed by atoms with E-state index in [0.29, 0.717) is 41.0 Å². The van der Waals surface area contributed by atoms with E-state index in [1.165, 1.54) is 14.2 Å². The van der Waals surface area contributed by atoms with Crippen LogP contribution in [0.4, 0.5) is 11.4 Å². The van der Waals surface area contributed by atoms with Gasteiger partial charge in [-0.2, -0.15) is 0 Å². The first-order valence-electron chi connectivity index (χ1n) is 5.83. The molecule has 108 valence electrons. The molecule has 19 heavy (non-hydrogen) atoms. The minimum absolute atomic E-state index is 0.00773. The molecule has 0 saturated heterocycles. The number of aliphatic hydroxyl groups is 2. The number of methoxy groups -OCH3 is 2. The van der Waals surface area contributed by atoms with E-state index in [4.69, 9.17) is 31.3 Å². The maximum atomic E-state index is 8.91. The molecule has 0 amide bonds. The number of hydrogen-bond acceptors (Lipinski definition) is 6. The predicted molar refractivity (Wildman–Crippen MR) is 75.7 cm³/mol. The van der Waals surface area contributed by atoms with Gasteiger partial charge >= 0.3 is 0 Å². The Hall–Kier alpha value is -1.37. The van der Waals surface area contributed by atoms with Gasteiger partial charge in [0.15, 0.2) is 11.5 Å². The molecule has 7 heteroatoms. The fourth-order valence-electron chi connectivity index (χ4n) is 1.69. The maximum Gasteiger partial charge on any atom is 0.168 e. The third-order valence-electron chi connectivity index (χ3n) is 2.44. The summed E-state index contributed by atoms with van der Waals surface area (Å²) in [4.78, 5) is 0. The van der Waals surface area contributed by atoms with Crippen molar-refractivity contribution in [3.8, 4) is 11.5 Å². The van der Waals surface area contributed by atoms with Crippen LogP contribution in [-0.2, 0) is 0 Å². The van der Waals surface area contributed by atoms with Crippen LogP contribution in [0, 0.1) is 0 Å². The first-order chi connectivity index (χ1) is 9.19. The molecule has 1 aromatic rings. The summed E-state index contributed by atoms with van der Waals surface area (Å²) in [5.41, 5.74) is 1.20. The third kappa shape index (κ3) is 3.79. The van der Waals surface area contributed by atoms with Crippen molar-refractivity contribution >= 4 is 23.0 Å². The van der Waals surface area contributed by atoms with Crippen molar-refractivity contribution in [2.24, 2.45) is 0 Å². The standard InChI is InChI=1S/C12H19ClN2O4/c1-18-11-8(13)7-9(14-3-5-16)12(19-2)10(11)15-4-6-17/h7,14-17H,3-6H2,1-2H3. The second kappa shape index (κ2) is 7.93. The molecule has 0 saturated carbocycles. The van der Waals surface area contributed by atoms with Gasteiger partial charge in [0.1, 0.15) is 5.69 Å². The number of rotatable bonds is 8. The number of nitrogens with one attached hydrogen (secondary N) is 2. The van der Waals surface area contributed by atoms with Gasteiger partial charge in [0.05, 0.1) is 38.1 Å². The molecule has 0 aromatic heterocycles. The topological polar surface area (TPSA) is 83.0 Å². The quantitative estimate of drug-likeness (QED) is 0.575. The Morgan fingerprint density at radius 1 is 1.05 bits per heavy atom. The van der Waals surface area contributed by atoms with Crippen molar-refractivity contribution in [3.63, 3.8) is 0 Å². The second-order valence-corrected chi connectivity index (χ2v) is 4.06. The Kier molecular flexibility index (Phi) is 6.55. The fraction of sp³-hybridized carbons (Fsp3) is 0.500. The molecule has 0 aliphatic rings. The number of hydrogen-bond donors (Lipinski definition) is 4. The van der Waals surface area contributed by atoms with Gasteiger partial charge in [0.2, 0.25) is 0 Å². The molecular weight excluding hydrogens is 272 g/mol. The van der Waals surface area contributed by atoms with E-state index in [9.17, 15) is 0 Å². The Morgan fingerprint density at radius 3 is 2.16 bits per heavy atom. The van der Waals surface area contributed by atoms with Gasteiger partial charge in [0.25, 0.3) is 0 Å². The highest BCUT2D eigenvalue weighted by atomic mass is 35.5. The Balaban J connectivity index is 3.22. The molecule has 0 atom stereocenters. The number of ether oxygens (including phenoxy) is 2. The first-order valence-corrected chi connectivity index (χ1v) is 6.21. The lowest BCUT2D eigenvalue weighted by molar-refractivity contribution is 0.310. The average molecular weight is 291 g/mol. The van der Waals surface area contributed by atoms with Crippen molar-refractivity contribution in [2.45, 2.75) is 0 Å². The molecule has 0 heterocycles. The molecule has 0 unspecified atom stereocenters. The van der Waals surface area contributed by atoms with Crippen LogP contribution in [0.25, 0.3) is 0 Å². The van der Waals surface area contributed by atoms with Gasteiger partial charge in [-0.05, 0) is 6.07 Å². The van der Waals surface area contributed by atoms with Crippen LogP contribution in [0.5, 0.6) is 11.5 Å². The highest BCUT2D eigenvalue weighted by Gasteiger charge is 2.18. The van der Waals surface area contributed by atoms with Gasteiger partial charge < -0.3 is 30.3 Å². The SMILES string of the molecule is COc1c(Cl)cc(NCCO)c(OC)c1NCCO. The van der Waals surface area contributed by atoms with E-state index in [1.54, 1.807) is 6.07 Å². The van der Waals surface area contributed by atoms with Gasteiger partial charge in [0, 0.05) is 13.1 Å². The summed E-state index contributed by atoms with van der Waals surface area (Å²) in [6.07, 6.45) is 0. The zero-order chi connectivity index (χ0) is 14.3. The van der Waals surface area contributed by atoms with Gasteiger partial charge in [-0.25, -0.2) is 0 Å². The fourth-order valence-corrected chi connectivity index (χ4v) is 1.97. The predicted octanol–water partition coefficient (Wildman–Crippen LogP) is 1.17. The molecule has 0 bridgehead atoms. The zero-order valence-corrected chi connectivity index (χ0v) is 11.8. The van der Waals surface area contributed by atoms with Gasteiger partial charge in [-0.15, -0.1) is 0 Å². The first kappa shape index (κ1) is 15.7. The van der Waals surface area contributed by atoms with Gasteiger partial charge in [-0.3, -0.25) is 0 Å². The van der Waals surface area contributed by atoms with E-state index in [2.05, 4.69) is 10.6 Å². The van der Waals surface area contributed by atoms with E-state index < -0.39 is 0 Å². The van der Waals surface area contributed by atoms with Crippen LogP contribution in [0.2, 0.25) is 5.02 Å². The van der Waals surface area contributed by atoms with Crippen LogP contribution in [0.3, 0.4) is 0 Å². The monoisotopic (exact) mass is 290 g/mol. The Bertz CT molecular complexity index is 415. The molecule has 0 fully saturated rings. The smallest absolute Gasteiger partial charge is 0.168 e. The minimum atomic E-state index is -0.0295. The lowest BCUT2D eigenvalue weighted by Gasteiger charge is -2.19. The summed E-state index contributed by atoms with van der Waals surface area (Å²) in [6, 6.07) is 1.67. The van der Waals surface area contributed by atoms with Crippen molar-refractivity contribution in [1.29, 1.82) is 0 Å². The summed E-state index contributed by atoms with van der Waals surface area (Å²) in [7, 11) is 3.03. The van der Waals surface area contributed by atoms with Gasteiger partial charge in [-0.1, -0.05) is 11.6 Å². The molecule has 0 spiro atoms. The largest absolute Gasteiger partial charge is 0.493 e. The highest BCUT2D eigenvalue weighted by molar-refractivity contribution is 6.33. The van der Waals surface area contributed by atoms with Crippen molar-refractivity contribution in [1.82, 2.24) is 0 Å². The number of anilines is 2. The van der Waals surface area contributed by atoms with Crippen LogP contribution in [0.15, 0.2) is 6.07 Å². The number of aliphatic hydroxyl groups excluding tert-OH is 2. The van der Waals surface area contributed by atoms with Crippen molar-refractivity contribution in [3.05, 3.63) is 11.1 Å². The summed E-state index contributed by atoms with van der Waals surface area (Å²) >= 11 is 6.14. The molecule has 1 aromatic carbocycles. The van der Waals surface area contributed by atoms with Crippen molar-refractivity contribution < 1.29 is 19.7 Å². The zero-order valence-electron chi connectivity index (χ0n) is 11.0. The minimum Gasteiger partial charge on any atom is -0.493 e. The van der Waals surface area contributed by atoms with E-state index >= 15 is 0 Å². The van der Waals surface area contributed by atoms with E-state index in [-0.39, 0.29) is 13.2 Å². The highest BCUT2D eigenvalue weighted by Crippen LogP contribution is 2.45. The summed E-state index contributed by atoms with van der Waals surface area (Å²) in [5.74, 6) is 0.963. The summed E-state index contributed by atoms with van der Waals surface area (Å²) < 4.78 is 10.6.